The van der Waals surface area contributed by atoms with Crippen molar-refractivity contribution in [2.24, 2.45) is 0 Å². The zero-order chi connectivity index (χ0) is 27.0. The Bertz CT molecular complexity index is 1480. The fraction of sp³-hybridized carbons (Fsp3) is 0.345. The van der Waals surface area contributed by atoms with Crippen molar-refractivity contribution in [3.05, 3.63) is 82.9 Å². The van der Waals surface area contributed by atoms with Crippen LogP contribution in [-0.2, 0) is 10.0 Å². The van der Waals surface area contributed by atoms with Crippen LogP contribution in [-0.4, -0.2) is 76.0 Å². The molecular weight excluding hydrogens is 538 g/mol. The molecule has 1 amide bonds. The molecule has 0 saturated carbocycles. The van der Waals surface area contributed by atoms with Crippen molar-refractivity contribution >= 4 is 33.2 Å². The molecule has 0 aromatic heterocycles. The van der Waals surface area contributed by atoms with E-state index in [1.807, 2.05) is 24.3 Å². The normalized spacial score (nSPS) is 19.2. The number of halogens is 1. The molecule has 3 aliphatic heterocycles. The summed E-state index contributed by atoms with van der Waals surface area (Å²) in [5.41, 5.74) is 2.34. The van der Waals surface area contributed by atoms with Gasteiger partial charge in [0.2, 0.25) is 0 Å². The lowest BCUT2D eigenvalue weighted by Gasteiger charge is -2.39. The van der Waals surface area contributed by atoms with Crippen LogP contribution < -0.4 is 14.4 Å². The van der Waals surface area contributed by atoms with Gasteiger partial charge in [0.1, 0.15) is 18.1 Å². The van der Waals surface area contributed by atoms with Gasteiger partial charge in [0.15, 0.2) is 11.5 Å². The van der Waals surface area contributed by atoms with Crippen molar-refractivity contribution in [3.8, 4) is 11.5 Å². The van der Waals surface area contributed by atoms with E-state index in [9.17, 15) is 13.2 Å². The summed E-state index contributed by atoms with van der Waals surface area (Å²) < 4.78 is 38.9. The number of hydrogen-bond acceptors (Lipinski definition) is 7. The molecule has 39 heavy (non-hydrogen) atoms. The molecule has 0 radical (unpaired) electrons. The fourth-order valence-electron chi connectivity index (χ4n) is 5.63. The summed E-state index contributed by atoms with van der Waals surface area (Å²) in [6.45, 7) is 5.19. The number of ether oxygens (including phenoxy) is 2. The minimum atomic E-state index is -3.82. The minimum Gasteiger partial charge on any atom is -0.486 e. The van der Waals surface area contributed by atoms with E-state index in [-0.39, 0.29) is 22.9 Å². The molecule has 204 valence electrons. The second kappa shape index (κ2) is 10.7. The van der Waals surface area contributed by atoms with Gasteiger partial charge in [0.25, 0.3) is 15.9 Å². The number of piperazine rings is 1. The molecule has 3 aliphatic rings. The second-order valence-corrected chi connectivity index (χ2v) is 12.3. The monoisotopic (exact) mass is 567 g/mol. The third-order valence-corrected chi connectivity index (χ3v) is 9.70. The number of fused-ring (bicyclic) bond motifs is 2. The fourth-order valence-corrected chi connectivity index (χ4v) is 7.42. The van der Waals surface area contributed by atoms with E-state index in [1.54, 1.807) is 24.3 Å². The molecule has 0 N–H and O–H groups in total. The zero-order valence-electron chi connectivity index (χ0n) is 21.5. The third kappa shape index (κ3) is 5.06. The van der Waals surface area contributed by atoms with Crippen molar-refractivity contribution in [1.82, 2.24) is 9.21 Å². The maximum atomic E-state index is 13.1. The van der Waals surface area contributed by atoms with Gasteiger partial charge in [-0.25, -0.2) is 12.7 Å². The summed E-state index contributed by atoms with van der Waals surface area (Å²) in [5, 5.41) is 0.620. The molecule has 8 nitrogen and oxygen atoms in total. The number of benzene rings is 3. The van der Waals surface area contributed by atoms with Gasteiger partial charge in [-0.3, -0.25) is 9.69 Å². The van der Waals surface area contributed by atoms with Crippen LogP contribution in [0.25, 0.3) is 0 Å². The highest BCUT2D eigenvalue weighted by Gasteiger charge is 2.41. The van der Waals surface area contributed by atoms with Gasteiger partial charge in [-0.1, -0.05) is 54.1 Å². The van der Waals surface area contributed by atoms with Crippen molar-refractivity contribution in [2.75, 3.05) is 57.4 Å². The molecule has 0 bridgehead atoms. The number of carbonyl (C=O) groups is 1. The van der Waals surface area contributed by atoms with E-state index < -0.39 is 15.9 Å². The number of carbonyl (C=O) groups excluding carboxylic acids is 1. The molecule has 10 heteroatoms. The maximum absolute atomic E-state index is 13.1. The lowest BCUT2D eigenvalue weighted by molar-refractivity contribution is 0.0866. The van der Waals surface area contributed by atoms with Crippen molar-refractivity contribution in [1.29, 1.82) is 0 Å². The van der Waals surface area contributed by atoms with E-state index in [1.165, 1.54) is 6.07 Å². The number of amides is 1. The highest BCUT2D eigenvalue weighted by Crippen LogP contribution is 2.42. The quantitative estimate of drug-likeness (QED) is 0.422. The highest BCUT2D eigenvalue weighted by atomic mass is 35.5. The Kier molecular flexibility index (Phi) is 7.14. The summed E-state index contributed by atoms with van der Waals surface area (Å²) in [5.74, 6) is 1.06. The molecule has 0 spiro atoms. The highest BCUT2D eigenvalue weighted by molar-refractivity contribution is 7.90. The first-order chi connectivity index (χ1) is 18.9. The number of anilines is 1. The summed E-state index contributed by atoms with van der Waals surface area (Å²) in [7, 11) is -3.82. The summed E-state index contributed by atoms with van der Waals surface area (Å²) >= 11 is 6.37. The molecule has 1 atom stereocenters. The molecule has 3 aromatic rings. The molecule has 1 unspecified atom stereocenters. The first-order valence-electron chi connectivity index (χ1n) is 13.2. The van der Waals surface area contributed by atoms with Gasteiger partial charge < -0.3 is 14.4 Å². The van der Waals surface area contributed by atoms with E-state index in [0.29, 0.717) is 30.4 Å². The number of hydrogen-bond donors (Lipinski definition) is 0. The third-order valence-electron chi connectivity index (χ3n) is 7.64. The van der Waals surface area contributed by atoms with Crippen molar-refractivity contribution < 1.29 is 22.7 Å². The summed E-state index contributed by atoms with van der Waals surface area (Å²) in [6.07, 6.45) is 0.538. The van der Waals surface area contributed by atoms with Gasteiger partial charge in [-0.2, -0.15) is 0 Å². The summed E-state index contributed by atoms with van der Waals surface area (Å²) in [4.78, 5) is 17.7. The molecular formula is C29H30ClN3O5S. The van der Waals surface area contributed by atoms with Crippen molar-refractivity contribution in [3.63, 3.8) is 0 Å². The van der Waals surface area contributed by atoms with Crippen LogP contribution in [0.15, 0.2) is 71.6 Å². The molecule has 3 aromatic carbocycles. The topological polar surface area (TPSA) is 79.4 Å². The first kappa shape index (κ1) is 26.0. The van der Waals surface area contributed by atoms with Crippen LogP contribution in [0.1, 0.15) is 28.3 Å². The van der Waals surface area contributed by atoms with Gasteiger partial charge in [-0.05, 0) is 36.1 Å². The van der Waals surface area contributed by atoms with Crippen LogP contribution in [0.5, 0.6) is 11.5 Å². The standard InChI is InChI=1S/C29H30ClN3O5S/c30-23-18-25(28-26(19-23)37-16-17-38-28)32-14-12-31(13-15-32)20-22(21-6-2-1-3-7-21)10-11-33-29(34)24-8-4-5-9-27(24)39(33,35)36/h1-9,18-19,22H,10-17,20H2. The van der Waals surface area contributed by atoms with Crippen molar-refractivity contribution in [2.45, 2.75) is 17.2 Å². The largest absolute Gasteiger partial charge is 0.486 e. The minimum absolute atomic E-state index is 0.0696. The summed E-state index contributed by atoms with van der Waals surface area (Å²) in [6, 6.07) is 20.3. The number of sulfonamides is 1. The van der Waals surface area contributed by atoms with Gasteiger partial charge in [-0.15, -0.1) is 0 Å². The molecule has 0 aliphatic carbocycles. The Morgan fingerprint density at radius 1 is 0.897 bits per heavy atom. The molecule has 3 heterocycles. The van der Waals surface area contributed by atoms with E-state index >= 15 is 0 Å². The van der Waals surface area contributed by atoms with E-state index in [0.717, 1.165) is 54.0 Å². The van der Waals surface area contributed by atoms with Gasteiger partial charge >= 0.3 is 0 Å². The lowest BCUT2D eigenvalue weighted by atomic mass is 9.94. The average Bonchev–Trinajstić information content (AvgIpc) is 3.16. The second-order valence-electron chi connectivity index (χ2n) is 10.0. The lowest BCUT2D eigenvalue weighted by Crippen LogP contribution is -2.48. The first-order valence-corrected chi connectivity index (χ1v) is 15.0. The SMILES string of the molecule is O=C1c2ccccc2S(=O)(=O)N1CCC(CN1CCN(c2cc(Cl)cc3c2OCCO3)CC1)c1ccccc1. The van der Waals surface area contributed by atoms with Crippen LogP contribution >= 0.6 is 11.6 Å². The number of rotatable bonds is 7. The number of nitrogens with zero attached hydrogens (tertiary/aromatic N) is 3. The Hall–Kier alpha value is -3.27. The smallest absolute Gasteiger partial charge is 0.269 e. The van der Waals surface area contributed by atoms with Crippen LogP contribution in [0, 0.1) is 0 Å². The Balaban J connectivity index is 1.15. The predicted octanol–water partition coefficient (Wildman–Crippen LogP) is 4.25. The average molecular weight is 568 g/mol. The molecule has 1 fully saturated rings. The van der Waals surface area contributed by atoms with E-state index in [2.05, 4.69) is 21.9 Å². The van der Waals surface area contributed by atoms with Gasteiger partial charge in [0, 0.05) is 50.4 Å². The molecule has 6 rings (SSSR count). The van der Waals surface area contributed by atoms with Crippen LogP contribution in [0.4, 0.5) is 5.69 Å². The maximum Gasteiger partial charge on any atom is 0.269 e. The van der Waals surface area contributed by atoms with Crippen LogP contribution in [0.2, 0.25) is 5.02 Å². The van der Waals surface area contributed by atoms with E-state index in [4.69, 9.17) is 21.1 Å². The Morgan fingerprint density at radius 3 is 2.38 bits per heavy atom. The van der Waals surface area contributed by atoms with Gasteiger partial charge in [0.05, 0.1) is 11.3 Å². The predicted molar refractivity (Wildman–Crippen MR) is 150 cm³/mol. The van der Waals surface area contributed by atoms with Crippen LogP contribution in [0.3, 0.4) is 0 Å². The Labute approximate surface area is 233 Å². The zero-order valence-corrected chi connectivity index (χ0v) is 23.0. The molecule has 1 saturated heterocycles. The Morgan fingerprint density at radius 2 is 1.62 bits per heavy atom.